The van der Waals surface area contributed by atoms with Crippen molar-refractivity contribution in [1.29, 1.82) is 0 Å². The van der Waals surface area contributed by atoms with E-state index in [1.54, 1.807) is 7.11 Å². The summed E-state index contributed by atoms with van der Waals surface area (Å²) < 4.78 is 5.05. The molecule has 0 aliphatic carbocycles. The fraction of sp³-hybridized carbons (Fsp3) is 0.385. The van der Waals surface area contributed by atoms with E-state index in [1.165, 1.54) is 0 Å². The molecule has 0 heterocycles. The van der Waals surface area contributed by atoms with Crippen molar-refractivity contribution in [2.24, 2.45) is 0 Å². The first kappa shape index (κ1) is 12.4. The molecule has 0 aliphatic heterocycles. The molecule has 1 atom stereocenters. The van der Waals surface area contributed by atoms with E-state index in [0.717, 1.165) is 23.9 Å². The van der Waals surface area contributed by atoms with E-state index in [2.05, 4.69) is 0 Å². The van der Waals surface area contributed by atoms with Crippen LogP contribution in [-0.2, 0) is 15.0 Å². The van der Waals surface area contributed by atoms with E-state index in [9.17, 15) is 9.59 Å². The van der Waals surface area contributed by atoms with Crippen molar-refractivity contribution in [2.75, 3.05) is 7.11 Å². The van der Waals surface area contributed by atoms with Crippen LogP contribution in [-0.4, -0.2) is 19.7 Å². The van der Waals surface area contributed by atoms with Gasteiger partial charge in [0.25, 0.3) is 0 Å². The van der Waals surface area contributed by atoms with E-state index in [-0.39, 0.29) is 0 Å². The molecule has 0 saturated heterocycles. The van der Waals surface area contributed by atoms with Crippen LogP contribution in [0.15, 0.2) is 24.3 Å². The molecule has 0 unspecified atom stereocenters. The second-order valence-electron chi connectivity index (χ2n) is 3.97. The van der Waals surface area contributed by atoms with Gasteiger partial charge in [0.15, 0.2) is 0 Å². The maximum Gasteiger partial charge on any atom is 0.130 e. The summed E-state index contributed by atoms with van der Waals surface area (Å²) >= 11 is 0. The molecule has 0 amide bonds. The van der Waals surface area contributed by atoms with E-state index in [1.807, 2.05) is 31.2 Å². The minimum Gasteiger partial charge on any atom is -0.497 e. The molecule has 0 fully saturated rings. The molecule has 0 spiro atoms. The summed E-state index contributed by atoms with van der Waals surface area (Å²) in [5, 5.41) is 0. The molecule has 0 N–H and O–H groups in total. The summed E-state index contributed by atoms with van der Waals surface area (Å²) in [5.41, 5.74) is 0.317. The predicted molar refractivity (Wildman–Crippen MR) is 61.7 cm³/mol. The van der Waals surface area contributed by atoms with Crippen LogP contribution in [0.2, 0.25) is 0 Å². The quantitative estimate of drug-likeness (QED) is 0.690. The van der Waals surface area contributed by atoms with Gasteiger partial charge in [-0.15, -0.1) is 0 Å². The summed E-state index contributed by atoms with van der Waals surface area (Å²) in [6, 6.07) is 7.35. The van der Waals surface area contributed by atoms with Gasteiger partial charge in [-0.3, -0.25) is 0 Å². The number of ether oxygens (including phenoxy) is 1. The highest BCUT2D eigenvalue weighted by atomic mass is 16.5. The molecular weight excluding hydrogens is 204 g/mol. The van der Waals surface area contributed by atoms with Crippen LogP contribution in [0.3, 0.4) is 0 Å². The number of methoxy groups -OCH3 is 1. The van der Waals surface area contributed by atoms with Gasteiger partial charge >= 0.3 is 0 Å². The molecule has 0 bridgehead atoms. The fourth-order valence-corrected chi connectivity index (χ4v) is 1.60. The summed E-state index contributed by atoms with van der Waals surface area (Å²) in [4.78, 5) is 21.5. The Bertz CT molecular complexity index is 356. The van der Waals surface area contributed by atoms with Gasteiger partial charge in [-0.2, -0.15) is 0 Å². The Hall–Kier alpha value is -1.64. The second kappa shape index (κ2) is 5.45. The minimum atomic E-state index is -0.590. The maximum atomic E-state index is 11.1. The highest BCUT2D eigenvalue weighted by Crippen LogP contribution is 2.27. The van der Waals surface area contributed by atoms with Crippen LogP contribution in [0.4, 0.5) is 0 Å². The van der Waals surface area contributed by atoms with Crippen LogP contribution in [0.25, 0.3) is 0 Å². The Balaban J connectivity index is 2.93. The normalized spacial score (nSPS) is 13.9. The molecule has 0 saturated carbocycles. The molecular formula is C13H16O3. The molecule has 1 aromatic rings. The maximum absolute atomic E-state index is 11.1. The zero-order valence-corrected chi connectivity index (χ0v) is 9.60. The third-order valence-electron chi connectivity index (χ3n) is 2.79. The second-order valence-corrected chi connectivity index (χ2v) is 3.97. The molecule has 16 heavy (non-hydrogen) atoms. The number of benzene rings is 1. The lowest BCUT2D eigenvalue weighted by molar-refractivity contribution is -0.112. The lowest BCUT2D eigenvalue weighted by Crippen LogP contribution is -2.23. The first-order chi connectivity index (χ1) is 7.66. The highest BCUT2D eigenvalue weighted by Gasteiger charge is 2.25. The Morgan fingerprint density at radius 3 is 2.31 bits per heavy atom. The molecule has 1 aromatic carbocycles. The van der Waals surface area contributed by atoms with Crippen molar-refractivity contribution >= 4 is 12.6 Å². The lowest BCUT2D eigenvalue weighted by atomic mass is 9.80. The molecule has 86 valence electrons. The fourth-order valence-electron chi connectivity index (χ4n) is 1.60. The minimum absolute atomic E-state index is 0.390. The molecule has 0 radical (unpaired) electrons. The van der Waals surface area contributed by atoms with Crippen LogP contribution in [0.1, 0.15) is 25.3 Å². The van der Waals surface area contributed by atoms with Gasteiger partial charge in [0, 0.05) is 11.8 Å². The highest BCUT2D eigenvalue weighted by molar-refractivity contribution is 5.69. The Morgan fingerprint density at radius 2 is 1.88 bits per heavy atom. The van der Waals surface area contributed by atoms with Gasteiger partial charge in [-0.05, 0) is 31.0 Å². The van der Waals surface area contributed by atoms with Crippen molar-refractivity contribution in [3.8, 4) is 5.75 Å². The van der Waals surface area contributed by atoms with Gasteiger partial charge < -0.3 is 14.3 Å². The van der Waals surface area contributed by atoms with Gasteiger partial charge in [-0.25, -0.2) is 0 Å². The molecule has 3 nitrogen and oxygen atoms in total. The number of carbonyl (C=O) groups excluding carboxylic acids is 2. The number of hydrogen-bond donors (Lipinski definition) is 0. The van der Waals surface area contributed by atoms with Crippen LogP contribution in [0.5, 0.6) is 5.75 Å². The van der Waals surface area contributed by atoms with E-state index >= 15 is 0 Å². The van der Waals surface area contributed by atoms with Crippen LogP contribution in [0, 0.1) is 0 Å². The smallest absolute Gasteiger partial charge is 0.130 e. The van der Waals surface area contributed by atoms with Crippen LogP contribution >= 0.6 is 0 Å². The topological polar surface area (TPSA) is 43.4 Å². The lowest BCUT2D eigenvalue weighted by Gasteiger charge is -2.22. The number of carbonyl (C=O) groups is 2. The van der Waals surface area contributed by atoms with E-state index in [0.29, 0.717) is 12.8 Å². The first-order valence-electron chi connectivity index (χ1n) is 5.21. The van der Waals surface area contributed by atoms with Gasteiger partial charge in [0.1, 0.15) is 18.3 Å². The average molecular weight is 220 g/mol. The van der Waals surface area contributed by atoms with Crippen molar-refractivity contribution in [3.05, 3.63) is 29.8 Å². The van der Waals surface area contributed by atoms with E-state index < -0.39 is 5.41 Å². The van der Waals surface area contributed by atoms with E-state index in [4.69, 9.17) is 4.74 Å². The summed E-state index contributed by atoms with van der Waals surface area (Å²) in [7, 11) is 1.60. The third kappa shape index (κ3) is 2.69. The standard InChI is InChI=1S/C13H16O3/c1-13(10-15,8-3-9-14)11-4-6-12(16-2)7-5-11/h4-7,9-10H,3,8H2,1-2H3/t13-/m0/s1. The summed E-state index contributed by atoms with van der Waals surface area (Å²) in [6.45, 7) is 1.84. The predicted octanol–water partition coefficient (Wildman–Crippen LogP) is 2.13. The summed E-state index contributed by atoms with van der Waals surface area (Å²) in [5.74, 6) is 0.757. The molecule has 3 heteroatoms. The molecule has 1 rings (SSSR count). The van der Waals surface area contributed by atoms with Gasteiger partial charge in [-0.1, -0.05) is 12.1 Å². The molecule has 0 aliphatic rings. The Morgan fingerprint density at radius 1 is 1.25 bits per heavy atom. The number of hydrogen-bond acceptors (Lipinski definition) is 3. The Labute approximate surface area is 95.4 Å². The largest absolute Gasteiger partial charge is 0.497 e. The van der Waals surface area contributed by atoms with Gasteiger partial charge in [0.2, 0.25) is 0 Å². The molecule has 0 aromatic heterocycles. The van der Waals surface area contributed by atoms with Crippen molar-refractivity contribution in [2.45, 2.75) is 25.2 Å². The monoisotopic (exact) mass is 220 g/mol. The van der Waals surface area contributed by atoms with Gasteiger partial charge in [0.05, 0.1) is 7.11 Å². The zero-order chi connectivity index (χ0) is 12.0. The average Bonchev–Trinajstić information content (AvgIpc) is 2.36. The van der Waals surface area contributed by atoms with Crippen LogP contribution < -0.4 is 4.74 Å². The SMILES string of the molecule is COc1ccc([C@](C)(C=O)CCC=O)cc1. The first-order valence-corrected chi connectivity index (χ1v) is 5.21. The number of rotatable bonds is 6. The Kier molecular flexibility index (Phi) is 4.23. The third-order valence-corrected chi connectivity index (χ3v) is 2.79. The number of aldehydes is 2. The van der Waals surface area contributed by atoms with Crippen molar-refractivity contribution in [3.63, 3.8) is 0 Å². The van der Waals surface area contributed by atoms with Crippen molar-refractivity contribution in [1.82, 2.24) is 0 Å². The van der Waals surface area contributed by atoms with Crippen molar-refractivity contribution < 1.29 is 14.3 Å². The zero-order valence-electron chi connectivity index (χ0n) is 9.60. The summed E-state index contributed by atoms with van der Waals surface area (Å²) in [6.07, 6.45) is 2.66.